The Morgan fingerprint density at radius 1 is 0.491 bits per heavy atom. The Morgan fingerprint density at radius 2 is 0.965 bits per heavy atom. The number of rotatable bonds is 5. The number of ether oxygens (including phenoxy) is 8. The van der Waals surface area contributed by atoms with Crippen molar-refractivity contribution in [3.63, 3.8) is 0 Å². The van der Waals surface area contributed by atoms with Crippen LogP contribution in [0.2, 0.25) is 0 Å². The molecule has 9 heterocycles. The first-order valence-electron chi connectivity index (χ1n) is 22.6. The van der Waals surface area contributed by atoms with Crippen LogP contribution in [0.5, 0.6) is 0 Å². The molecule has 11 aliphatic rings. The highest BCUT2D eigenvalue weighted by molar-refractivity contribution is 8.00. The van der Waals surface area contributed by atoms with Crippen LogP contribution in [0.25, 0.3) is 0 Å². The highest BCUT2D eigenvalue weighted by Crippen LogP contribution is 2.63. The van der Waals surface area contributed by atoms with E-state index in [2.05, 4.69) is 69.2 Å². The fourth-order valence-electron chi connectivity index (χ4n) is 13.0. The van der Waals surface area contributed by atoms with E-state index in [0.29, 0.717) is 40.8 Å². The average molecular weight is 800 g/mol. The third kappa shape index (κ3) is 7.17. The summed E-state index contributed by atoms with van der Waals surface area (Å²) in [7, 11) is 29.0. The third-order valence-electron chi connectivity index (χ3n) is 17.5. The molecule has 310 valence electrons. The molecular weight excluding hydrogens is 731 g/mol. The summed E-state index contributed by atoms with van der Waals surface area (Å²) in [5, 5.41) is 0.551. The van der Waals surface area contributed by atoms with E-state index in [1.165, 1.54) is 12.8 Å². The highest BCUT2D eigenvalue weighted by Gasteiger charge is 2.71. The molecule has 9 saturated heterocycles. The fraction of sp³-hybridized carbons (Fsp3) is 1.00. The van der Waals surface area contributed by atoms with Crippen molar-refractivity contribution < 1.29 is 37.9 Å². The van der Waals surface area contributed by atoms with Crippen molar-refractivity contribution in [2.24, 2.45) is 35.5 Å². The summed E-state index contributed by atoms with van der Waals surface area (Å²) >= 11 is 1.98. The van der Waals surface area contributed by atoms with Crippen molar-refractivity contribution in [2.75, 3.05) is 19.0 Å². The standard InChI is InChI=1S/C10H15BO2.C9H15BO.2C8H13BO2.C8H13BOS/c1-3-10-5-4-9(2)7(10)6(12-9)8(11)13-10;1-3-9-5-4-7(6(9)2)8(10)11-9;2*1-3-8-4-10-6(5(8)2)7(9)11-8;1-3-8-4-11-6(5(8)2)7(9)10-8/h6-8H,3-5H2,1-2H3;6-8H,3-5H2,1-2H3;3*5-7H,3-4H2,1-2H3/t6-,7?,8+,9?,10-;6?,7-,8+,9-;5?,6-,7+,8-;5?,6-,7-,8-;5?,6-,7+,8-/m00010/s1. The Bertz CT molecular complexity index is 1270. The molecule has 10 radical (unpaired) electrons. The lowest BCUT2D eigenvalue weighted by Gasteiger charge is -2.49. The molecule has 9 aliphatic heterocycles. The second kappa shape index (κ2) is 16.5. The Morgan fingerprint density at radius 3 is 1.26 bits per heavy atom. The molecule has 0 aromatic heterocycles. The first-order chi connectivity index (χ1) is 26.9. The van der Waals surface area contributed by atoms with Crippen LogP contribution >= 0.6 is 11.8 Å². The van der Waals surface area contributed by atoms with Gasteiger partial charge in [-0.25, -0.2) is 0 Å². The Hall–Kier alpha value is 0.355. The van der Waals surface area contributed by atoms with E-state index in [0.717, 1.165) is 63.9 Å². The summed E-state index contributed by atoms with van der Waals surface area (Å²) in [5.74, 6) is 4.58. The fourth-order valence-corrected chi connectivity index (χ4v) is 14.8. The normalized spacial score (nSPS) is 57.1. The van der Waals surface area contributed by atoms with Gasteiger partial charge in [0, 0.05) is 58.8 Å². The van der Waals surface area contributed by atoms with Gasteiger partial charge in [0.2, 0.25) is 0 Å². The van der Waals surface area contributed by atoms with E-state index in [4.69, 9.17) is 77.1 Å². The van der Waals surface area contributed by atoms with Crippen LogP contribution in [0.4, 0.5) is 0 Å². The van der Waals surface area contributed by atoms with E-state index >= 15 is 0 Å². The van der Waals surface area contributed by atoms with Crippen molar-refractivity contribution >= 4 is 51.0 Å². The van der Waals surface area contributed by atoms with Crippen molar-refractivity contribution in [3.8, 4) is 0 Å². The second-order valence-electron chi connectivity index (χ2n) is 19.6. The van der Waals surface area contributed by atoms with Gasteiger partial charge < -0.3 is 37.9 Å². The molecule has 8 nitrogen and oxygen atoms in total. The van der Waals surface area contributed by atoms with Crippen LogP contribution in [0, 0.1) is 35.5 Å². The Labute approximate surface area is 356 Å². The van der Waals surface area contributed by atoms with Crippen molar-refractivity contribution in [1.82, 2.24) is 0 Å². The summed E-state index contributed by atoms with van der Waals surface area (Å²) < 4.78 is 45.6. The Balaban J connectivity index is 0.000000109. The lowest BCUT2D eigenvalue weighted by molar-refractivity contribution is -0.229. The second-order valence-corrected chi connectivity index (χ2v) is 20.7. The van der Waals surface area contributed by atoms with Gasteiger partial charge in [-0.1, -0.05) is 62.3 Å². The number of hydrogen-bond donors (Lipinski definition) is 0. The van der Waals surface area contributed by atoms with E-state index in [1.54, 1.807) is 0 Å². The molecular formula is C43H69B5O8S. The SMILES string of the molecule is [B][C@@H]1O[C@@]2(CC)CCC3(C)O[C@H]1C32.[B][C@@H]1O[C@@]2(CC)CC[C@H]1C2C.[B][C@@H]1O[C@@]2(CC)CO[C@H]1C2C.[B][C@@H]1O[C@@]2(CC)CS[C@H]1C2C.[B][C@@H]1O[C@]2(CC)CO[C@@H]1C2C. The summed E-state index contributed by atoms with van der Waals surface area (Å²) in [5.41, 5.74) is 0.277. The summed E-state index contributed by atoms with van der Waals surface area (Å²) in [6.07, 6.45) is 10.5. The summed E-state index contributed by atoms with van der Waals surface area (Å²) in [6.45, 7) is 23.4. The molecule has 11 rings (SSSR count). The topological polar surface area (TPSA) is 73.8 Å². The van der Waals surface area contributed by atoms with Gasteiger partial charge in [-0.15, -0.1) is 0 Å². The lowest BCUT2D eigenvalue weighted by atomic mass is 9.72. The molecule has 2 saturated carbocycles. The van der Waals surface area contributed by atoms with Crippen LogP contribution < -0.4 is 0 Å². The maximum Gasteiger partial charge on any atom is 0.112 e. The summed E-state index contributed by atoms with van der Waals surface area (Å²) in [6, 6.07) is -0.557. The van der Waals surface area contributed by atoms with Gasteiger partial charge in [-0.2, -0.15) is 11.8 Å². The van der Waals surface area contributed by atoms with Gasteiger partial charge in [0.05, 0.1) is 65.1 Å². The monoisotopic (exact) mass is 801 g/mol. The smallest absolute Gasteiger partial charge is 0.112 e. The quantitative estimate of drug-likeness (QED) is 0.325. The first kappa shape index (κ1) is 45.4. The molecule has 2 aliphatic carbocycles. The molecule has 8 bridgehead atoms. The van der Waals surface area contributed by atoms with Crippen LogP contribution in [0.15, 0.2) is 0 Å². The summed E-state index contributed by atoms with van der Waals surface area (Å²) in [4.78, 5) is 0. The van der Waals surface area contributed by atoms with Gasteiger partial charge in [0.25, 0.3) is 0 Å². The highest BCUT2D eigenvalue weighted by atomic mass is 32.2. The average Bonchev–Trinajstić information content (AvgIpc) is 4.09. The maximum atomic E-state index is 5.89. The van der Waals surface area contributed by atoms with Gasteiger partial charge in [-0.3, -0.25) is 0 Å². The molecule has 11 fully saturated rings. The van der Waals surface area contributed by atoms with E-state index < -0.39 is 0 Å². The molecule has 21 atom stereocenters. The van der Waals surface area contributed by atoms with Gasteiger partial charge in [0.15, 0.2) is 0 Å². The zero-order chi connectivity index (χ0) is 41.5. The predicted molar refractivity (Wildman–Crippen MR) is 229 cm³/mol. The minimum atomic E-state index is -0.196. The first-order valence-corrected chi connectivity index (χ1v) is 23.6. The largest absolute Gasteiger partial charge is 0.381 e. The van der Waals surface area contributed by atoms with Gasteiger partial charge in [-0.05, 0) is 82.5 Å². The van der Waals surface area contributed by atoms with Crippen molar-refractivity contribution in [1.29, 1.82) is 0 Å². The zero-order valence-electron chi connectivity index (χ0n) is 36.7. The zero-order valence-corrected chi connectivity index (χ0v) is 37.5. The van der Waals surface area contributed by atoms with E-state index in [-0.39, 0.29) is 81.9 Å². The molecule has 57 heavy (non-hydrogen) atoms. The van der Waals surface area contributed by atoms with Gasteiger partial charge in [0.1, 0.15) is 39.2 Å². The molecule has 0 N–H and O–H groups in total. The Kier molecular flexibility index (Phi) is 13.1. The molecule has 0 spiro atoms. The van der Waals surface area contributed by atoms with Crippen molar-refractivity contribution in [2.45, 2.75) is 214 Å². The lowest BCUT2D eigenvalue weighted by Crippen LogP contribution is -2.59. The molecule has 0 aromatic carbocycles. The third-order valence-corrected chi connectivity index (χ3v) is 19.2. The number of thioether (sulfide) groups is 1. The van der Waals surface area contributed by atoms with Crippen LogP contribution in [-0.2, 0) is 37.9 Å². The van der Waals surface area contributed by atoms with Crippen molar-refractivity contribution in [3.05, 3.63) is 0 Å². The molecule has 14 heteroatoms. The van der Waals surface area contributed by atoms with Crippen LogP contribution in [0.3, 0.4) is 0 Å². The van der Waals surface area contributed by atoms with E-state index in [1.807, 2.05) is 11.8 Å². The number of fused-ring (bicyclic) bond motifs is 8. The molecule has 0 amide bonds. The molecule has 6 unspecified atom stereocenters. The van der Waals surface area contributed by atoms with Crippen LogP contribution in [-0.4, -0.2) is 145 Å². The molecule has 0 aromatic rings. The maximum absolute atomic E-state index is 5.89. The van der Waals surface area contributed by atoms with Crippen LogP contribution in [0.1, 0.15) is 127 Å². The minimum absolute atomic E-state index is 0.0105. The van der Waals surface area contributed by atoms with E-state index in [9.17, 15) is 0 Å². The number of hydrogen-bond acceptors (Lipinski definition) is 9. The minimum Gasteiger partial charge on any atom is -0.381 e. The van der Waals surface area contributed by atoms with Gasteiger partial charge >= 0.3 is 0 Å². The predicted octanol–water partition coefficient (Wildman–Crippen LogP) is 5.73.